The first kappa shape index (κ1) is 17.6. The van der Waals surface area contributed by atoms with E-state index in [0.29, 0.717) is 12.5 Å². The van der Waals surface area contributed by atoms with Crippen LogP contribution in [0.5, 0.6) is 0 Å². The van der Waals surface area contributed by atoms with Crippen LogP contribution in [-0.2, 0) is 4.79 Å². The zero-order valence-corrected chi connectivity index (χ0v) is 15.2. The third-order valence-corrected chi connectivity index (χ3v) is 4.85. The minimum absolute atomic E-state index is 0.0894. The van der Waals surface area contributed by atoms with Crippen LogP contribution in [0.3, 0.4) is 0 Å². The summed E-state index contributed by atoms with van der Waals surface area (Å²) < 4.78 is 0. The fourth-order valence-corrected chi connectivity index (χ4v) is 3.35. The molecule has 0 spiro atoms. The lowest BCUT2D eigenvalue weighted by molar-refractivity contribution is -0.122. The van der Waals surface area contributed by atoms with Crippen molar-refractivity contribution in [1.82, 2.24) is 15.6 Å². The Bertz CT molecular complexity index is 700. The summed E-state index contributed by atoms with van der Waals surface area (Å²) in [6, 6.07) is 14.6. The van der Waals surface area contributed by atoms with Gasteiger partial charge in [-0.3, -0.25) is 9.78 Å². The zero-order valence-electron chi connectivity index (χ0n) is 15.2. The third-order valence-electron chi connectivity index (χ3n) is 4.85. The number of amides is 1. The fourth-order valence-electron chi connectivity index (χ4n) is 3.35. The standard InChI is InChI=1S/C21H27N3O/c1-15(16-8-5-4-6-9-16)24-21(2,3)14-23-20(25)19-12-18(19)17-10-7-11-22-13-17/h4-11,13,15,18-19,24H,12,14H2,1-3H3,(H,23,25)/t15-,18-,19+/m0/s1. The summed E-state index contributed by atoms with van der Waals surface area (Å²) in [5.41, 5.74) is 2.24. The molecular formula is C21H27N3O. The molecule has 132 valence electrons. The molecule has 3 atom stereocenters. The van der Waals surface area contributed by atoms with Gasteiger partial charge in [0.15, 0.2) is 0 Å². The number of nitrogens with one attached hydrogen (secondary N) is 2. The van der Waals surface area contributed by atoms with Crippen LogP contribution in [0, 0.1) is 5.92 Å². The highest BCUT2D eigenvalue weighted by molar-refractivity contribution is 5.82. The smallest absolute Gasteiger partial charge is 0.223 e. The Kier molecular flexibility index (Phi) is 5.19. The summed E-state index contributed by atoms with van der Waals surface area (Å²) in [5.74, 6) is 0.565. The minimum atomic E-state index is -0.177. The van der Waals surface area contributed by atoms with E-state index in [9.17, 15) is 4.79 Å². The molecule has 2 aromatic rings. The lowest BCUT2D eigenvalue weighted by atomic mass is 10.0. The Labute approximate surface area is 150 Å². The molecule has 1 fully saturated rings. The van der Waals surface area contributed by atoms with Crippen LogP contribution in [0.25, 0.3) is 0 Å². The van der Waals surface area contributed by atoms with Gasteiger partial charge in [0.05, 0.1) is 0 Å². The van der Waals surface area contributed by atoms with E-state index >= 15 is 0 Å². The second-order valence-corrected chi connectivity index (χ2v) is 7.61. The number of benzene rings is 1. The van der Waals surface area contributed by atoms with Crippen LogP contribution in [0.4, 0.5) is 0 Å². The number of aromatic nitrogens is 1. The molecule has 1 aromatic carbocycles. The second-order valence-electron chi connectivity index (χ2n) is 7.61. The summed E-state index contributed by atoms with van der Waals surface area (Å²) >= 11 is 0. The summed E-state index contributed by atoms with van der Waals surface area (Å²) in [4.78, 5) is 16.6. The Morgan fingerprint density at radius 2 is 2.00 bits per heavy atom. The highest BCUT2D eigenvalue weighted by Crippen LogP contribution is 2.47. The van der Waals surface area contributed by atoms with E-state index in [-0.39, 0.29) is 23.4 Å². The van der Waals surface area contributed by atoms with E-state index in [1.165, 1.54) is 5.56 Å². The first-order valence-corrected chi connectivity index (χ1v) is 8.96. The molecule has 4 heteroatoms. The van der Waals surface area contributed by atoms with E-state index in [1.54, 1.807) is 6.20 Å². The maximum absolute atomic E-state index is 12.4. The van der Waals surface area contributed by atoms with Gasteiger partial charge in [0.1, 0.15) is 0 Å². The molecule has 1 amide bonds. The van der Waals surface area contributed by atoms with Gasteiger partial charge >= 0.3 is 0 Å². The molecule has 0 aliphatic heterocycles. The lowest BCUT2D eigenvalue weighted by Crippen LogP contribution is -2.50. The fraction of sp³-hybridized carbons (Fsp3) is 0.429. The van der Waals surface area contributed by atoms with E-state index < -0.39 is 0 Å². The van der Waals surface area contributed by atoms with Crippen LogP contribution in [0.15, 0.2) is 54.9 Å². The number of carbonyl (C=O) groups is 1. The summed E-state index contributed by atoms with van der Waals surface area (Å²) in [6.45, 7) is 7.01. The van der Waals surface area contributed by atoms with Gasteiger partial charge in [-0.05, 0) is 50.3 Å². The van der Waals surface area contributed by atoms with Gasteiger partial charge in [-0.2, -0.15) is 0 Å². The molecule has 1 aliphatic carbocycles. The summed E-state index contributed by atoms with van der Waals surface area (Å²) in [5, 5.41) is 6.72. The van der Waals surface area contributed by atoms with Gasteiger partial charge < -0.3 is 10.6 Å². The van der Waals surface area contributed by atoms with Crippen LogP contribution in [-0.4, -0.2) is 23.0 Å². The molecule has 4 nitrogen and oxygen atoms in total. The van der Waals surface area contributed by atoms with Gasteiger partial charge in [0.2, 0.25) is 5.91 Å². The van der Waals surface area contributed by atoms with E-state index in [2.05, 4.69) is 54.6 Å². The van der Waals surface area contributed by atoms with Crippen molar-refractivity contribution in [2.75, 3.05) is 6.54 Å². The minimum Gasteiger partial charge on any atom is -0.354 e. The van der Waals surface area contributed by atoms with Crippen molar-refractivity contribution in [3.05, 3.63) is 66.0 Å². The molecule has 1 aromatic heterocycles. The monoisotopic (exact) mass is 337 g/mol. The quantitative estimate of drug-likeness (QED) is 0.814. The van der Waals surface area contributed by atoms with Gasteiger partial charge in [-0.1, -0.05) is 36.4 Å². The topological polar surface area (TPSA) is 54.0 Å². The van der Waals surface area contributed by atoms with Crippen molar-refractivity contribution >= 4 is 5.91 Å². The van der Waals surface area contributed by atoms with E-state index in [1.807, 2.05) is 30.5 Å². The van der Waals surface area contributed by atoms with Crippen molar-refractivity contribution in [3.8, 4) is 0 Å². The van der Waals surface area contributed by atoms with Crippen LogP contribution < -0.4 is 10.6 Å². The molecule has 0 saturated heterocycles. The highest BCUT2D eigenvalue weighted by Gasteiger charge is 2.44. The first-order chi connectivity index (χ1) is 12.0. The van der Waals surface area contributed by atoms with Crippen molar-refractivity contribution in [2.24, 2.45) is 5.92 Å². The number of pyridine rings is 1. The maximum atomic E-state index is 12.4. The molecule has 0 radical (unpaired) electrons. The van der Waals surface area contributed by atoms with Gasteiger partial charge in [0, 0.05) is 36.4 Å². The van der Waals surface area contributed by atoms with Crippen molar-refractivity contribution < 1.29 is 4.79 Å². The maximum Gasteiger partial charge on any atom is 0.223 e. The first-order valence-electron chi connectivity index (χ1n) is 8.96. The van der Waals surface area contributed by atoms with Gasteiger partial charge in [-0.25, -0.2) is 0 Å². The van der Waals surface area contributed by atoms with Crippen molar-refractivity contribution in [2.45, 2.75) is 44.7 Å². The van der Waals surface area contributed by atoms with Crippen LogP contribution in [0.2, 0.25) is 0 Å². The average molecular weight is 337 g/mol. The number of rotatable bonds is 7. The Morgan fingerprint density at radius 1 is 1.24 bits per heavy atom. The molecule has 25 heavy (non-hydrogen) atoms. The Morgan fingerprint density at radius 3 is 2.68 bits per heavy atom. The van der Waals surface area contributed by atoms with Crippen molar-refractivity contribution in [1.29, 1.82) is 0 Å². The molecule has 1 aliphatic rings. The van der Waals surface area contributed by atoms with Gasteiger partial charge in [-0.15, -0.1) is 0 Å². The predicted molar refractivity (Wildman–Crippen MR) is 100 cm³/mol. The van der Waals surface area contributed by atoms with E-state index in [4.69, 9.17) is 0 Å². The zero-order chi connectivity index (χ0) is 17.9. The Hall–Kier alpha value is -2.20. The van der Waals surface area contributed by atoms with Crippen LogP contribution >= 0.6 is 0 Å². The largest absolute Gasteiger partial charge is 0.354 e. The van der Waals surface area contributed by atoms with Crippen molar-refractivity contribution in [3.63, 3.8) is 0 Å². The molecule has 3 rings (SSSR count). The van der Waals surface area contributed by atoms with Crippen LogP contribution in [0.1, 0.15) is 50.3 Å². The molecular weight excluding hydrogens is 310 g/mol. The third kappa shape index (κ3) is 4.67. The number of carbonyl (C=O) groups excluding carboxylic acids is 1. The molecule has 2 N–H and O–H groups in total. The summed E-state index contributed by atoms with van der Waals surface area (Å²) in [6.07, 6.45) is 4.56. The SMILES string of the molecule is C[C@H](NC(C)(C)CNC(=O)[C@@H]1C[C@H]1c1cccnc1)c1ccccc1. The van der Waals surface area contributed by atoms with Gasteiger partial charge in [0.25, 0.3) is 0 Å². The normalized spacial score (nSPS) is 20.8. The average Bonchev–Trinajstić information content (AvgIpc) is 3.42. The predicted octanol–water partition coefficient (Wildman–Crippen LogP) is 3.43. The second kappa shape index (κ2) is 7.36. The van der Waals surface area contributed by atoms with E-state index in [0.717, 1.165) is 12.0 Å². The molecule has 1 heterocycles. The summed E-state index contributed by atoms with van der Waals surface area (Å²) in [7, 11) is 0. The highest BCUT2D eigenvalue weighted by atomic mass is 16.2. The Balaban J connectivity index is 1.48. The number of hydrogen-bond acceptors (Lipinski definition) is 3. The molecule has 1 saturated carbocycles. The number of hydrogen-bond donors (Lipinski definition) is 2. The lowest BCUT2D eigenvalue weighted by Gasteiger charge is -2.31. The molecule has 0 bridgehead atoms. The number of nitrogens with zero attached hydrogens (tertiary/aromatic N) is 1. The molecule has 0 unspecified atom stereocenters.